The standard InChI is InChI=1S/C31H35N3O3S/c1-23(21-29(25-9-5-3-6-10-25)26-11-7-4-8-12-26)34-19-17-24(18-20-34)22-30-32-31(33-37-30)27-13-15-28(16-14-27)38(2,35)36/h3-16,23-24,29H,17-22H2,1-2H3. The van der Waals surface area contributed by atoms with E-state index in [0.29, 0.717) is 29.6 Å². The molecule has 1 aliphatic heterocycles. The summed E-state index contributed by atoms with van der Waals surface area (Å²) in [6.45, 7) is 4.49. The number of sulfone groups is 1. The van der Waals surface area contributed by atoms with E-state index < -0.39 is 9.84 Å². The molecule has 0 bridgehead atoms. The van der Waals surface area contributed by atoms with Crippen molar-refractivity contribution in [3.8, 4) is 11.4 Å². The van der Waals surface area contributed by atoms with Gasteiger partial charge in [-0.1, -0.05) is 65.8 Å². The van der Waals surface area contributed by atoms with Crippen molar-refractivity contribution < 1.29 is 12.9 Å². The van der Waals surface area contributed by atoms with E-state index in [2.05, 4.69) is 82.6 Å². The van der Waals surface area contributed by atoms with Gasteiger partial charge in [-0.15, -0.1) is 0 Å². The van der Waals surface area contributed by atoms with Crippen LogP contribution in [0.25, 0.3) is 11.4 Å². The second-order valence-corrected chi connectivity index (χ2v) is 12.5. The van der Waals surface area contributed by atoms with Crippen molar-refractivity contribution in [3.63, 3.8) is 0 Å². The lowest BCUT2D eigenvalue weighted by Crippen LogP contribution is -2.41. The van der Waals surface area contributed by atoms with E-state index in [-0.39, 0.29) is 4.90 Å². The average molecular weight is 530 g/mol. The van der Waals surface area contributed by atoms with Gasteiger partial charge < -0.3 is 9.42 Å². The monoisotopic (exact) mass is 529 g/mol. The SMILES string of the molecule is CC(CC(c1ccccc1)c1ccccc1)N1CCC(Cc2nc(-c3ccc(S(C)(=O)=O)cc3)no2)CC1. The summed E-state index contributed by atoms with van der Waals surface area (Å²) in [5.41, 5.74) is 3.50. The van der Waals surface area contributed by atoms with Crippen LogP contribution in [0.2, 0.25) is 0 Å². The van der Waals surface area contributed by atoms with Crippen LogP contribution < -0.4 is 0 Å². The summed E-state index contributed by atoms with van der Waals surface area (Å²) in [5.74, 6) is 2.04. The van der Waals surface area contributed by atoms with Crippen LogP contribution >= 0.6 is 0 Å². The summed E-state index contributed by atoms with van der Waals surface area (Å²) in [4.78, 5) is 7.49. The molecule has 0 amide bonds. The van der Waals surface area contributed by atoms with E-state index in [1.54, 1.807) is 24.3 Å². The topological polar surface area (TPSA) is 76.3 Å². The van der Waals surface area contributed by atoms with Crippen LogP contribution in [0, 0.1) is 5.92 Å². The summed E-state index contributed by atoms with van der Waals surface area (Å²) in [6, 6.07) is 28.8. The van der Waals surface area contributed by atoms with Crippen LogP contribution in [0.15, 0.2) is 94.3 Å². The van der Waals surface area contributed by atoms with Crippen molar-refractivity contribution in [1.82, 2.24) is 15.0 Å². The molecule has 5 rings (SSSR count). The molecule has 1 aliphatic rings. The minimum absolute atomic E-state index is 0.282. The summed E-state index contributed by atoms with van der Waals surface area (Å²) in [6.07, 6.45) is 5.27. The molecule has 198 valence electrons. The number of benzene rings is 3. The first kappa shape index (κ1) is 26.3. The first-order chi connectivity index (χ1) is 18.4. The van der Waals surface area contributed by atoms with E-state index in [1.807, 2.05) is 0 Å². The molecular formula is C31H35N3O3S. The van der Waals surface area contributed by atoms with Crippen molar-refractivity contribution in [1.29, 1.82) is 0 Å². The van der Waals surface area contributed by atoms with Crippen molar-refractivity contribution in [2.75, 3.05) is 19.3 Å². The molecule has 4 aromatic rings. The van der Waals surface area contributed by atoms with E-state index >= 15 is 0 Å². The number of aromatic nitrogens is 2. The normalized spacial score (nSPS) is 16.1. The third-order valence-corrected chi connectivity index (χ3v) is 8.85. The molecule has 7 heteroatoms. The van der Waals surface area contributed by atoms with Gasteiger partial charge in [-0.2, -0.15) is 4.98 Å². The van der Waals surface area contributed by atoms with Crippen molar-refractivity contribution in [2.45, 2.75) is 49.5 Å². The summed E-state index contributed by atoms with van der Waals surface area (Å²) in [7, 11) is -3.23. The van der Waals surface area contributed by atoms with Crippen molar-refractivity contribution in [3.05, 3.63) is 102 Å². The maximum Gasteiger partial charge on any atom is 0.227 e. The fourth-order valence-corrected chi connectivity index (χ4v) is 6.11. The maximum atomic E-state index is 11.7. The molecule has 3 aromatic carbocycles. The molecule has 0 radical (unpaired) electrons. The Morgan fingerprint density at radius 2 is 1.47 bits per heavy atom. The van der Waals surface area contributed by atoms with Crippen molar-refractivity contribution >= 4 is 9.84 Å². The van der Waals surface area contributed by atoms with Crippen LogP contribution in [0.5, 0.6) is 0 Å². The Morgan fingerprint density at radius 1 is 0.895 bits per heavy atom. The minimum atomic E-state index is -3.23. The number of likely N-dealkylation sites (tertiary alicyclic amines) is 1. The zero-order valence-electron chi connectivity index (χ0n) is 22.0. The average Bonchev–Trinajstić information content (AvgIpc) is 3.41. The van der Waals surface area contributed by atoms with Crippen LogP contribution in [0.4, 0.5) is 0 Å². The van der Waals surface area contributed by atoms with E-state index in [0.717, 1.165) is 44.3 Å². The predicted molar refractivity (Wildman–Crippen MR) is 150 cm³/mol. The van der Waals surface area contributed by atoms with Crippen LogP contribution in [-0.2, 0) is 16.3 Å². The first-order valence-corrected chi connectivity index (χ1v) is 15.2. The molecule has 2 heterocycles. The smallest absolute Gasteiger partial charge is 0.227 e. The van der Waals surface area contributed by atoms with Gasteiger partial charge in [0, 0.05) is 30.2 Å². The minimum Gasteiger partial charge on any atom is -0.339 e. The van der Waals surface area contributed by atoms with Gasteiger partial charge in [0.05, 0.1) is 4.90 Å². The highest BCUT2D eigenvalue weighted by Gasteiger charge is 2.27. The number of piperidine rings is 1. The lowest BCUT2D eigenvalue weighted by molar-refractivity contribution is 0.129. The lowest BCUT2D eigenvalue weighted by atomic mass is 9.85. The highest BCUT2D eigenvalue weighted by Crippen LogP contribution is 2.32. The molecule has 1 aromatic heterocycles. The van der Waals surface area contributed by atoms with Gasteiger partial charge in [0.15, 0.2) is 9.84 Å². The van der Waals surface area contributed by atoms with E-state index in [1.165, 1.54) is 17.4 Å². The Kier molecular flexibility index (Phi) is 8.05. The maximum absolute atomic E-state index is 11.7. The second kappa shape index (κ2) is 11.6. The molecule has 0 saturated carbocycles. The summed E-state index contributed by atoms with van der Waals surface area (Å²) < 4.78 is 29.0. The molecule has 1 saturated heterocycles. The Balaban J connectivity index is 1.17. The third kappa shape index (κ3) is 6.40. The van der Waals surface area contributed by atoms with Crippen LogP contribution in [0.1, 0.15) is 49.1 Å². The molecule has 0 aliphatic carbocycles. The zero-order chi connectivity index (χ0) is 26.5. The molecule has 1 atom stereocenters. The number of rotatable bonds is 9. The Labute approximate surface area is 225 Å². The van der Waals surface area contributed by atoms with Crippen LogP contribution in [-0.4, -0.2) is 48.8 Å². The fourth-order valence-electron chi connectivity index (χ4n) is 5.48. The van der Waals surface area contributed by atoms with Gasteiger partial charge in [0.25, 0.3) is 0 Å². The zero-order valence-corrected chi connectivity index (χ0v) is 22.8. The summed E-state index contributed by atoms with van der Waals surface area (Å²) >= 11 is 0. The first-order valence-electron chi connectivity index (χ1n) is 13.3. The molecule has 1 fully saturated rings. The molecule has 0 N–H and O–H groups in total. The third-order valence-electron chi connectivity index (χ3n) is 7.73. The van der Waals surface area contributed by atoms with Gasteiger partial charge in [0.2, 0.25) is 11.7 Å². The number of hydrogen-bond acceptors (Lipinski definition) is 6. The highest BCUT2D eigenvalue weighted by molar-refractivity contribution is 7.90. The Morgan fingerprint density at radius 3 is 2.03 bits per heavy atom. The van der Waals surface area contributed by atoms with Gasteiger partial charge >= 0.3 is 0 Å². The van der Waals surface area contributed by atoms with Gasteiger partial charge in [-0.05, 0) is 80.6 Å². The van der Waals surface area contributed by atoms with Crippen molar-refractivity contribution in [2.24, 2.45) is 5.92 Å². The molecule has 6 nitrogen and oxygen atoms in total. The Hall–Kier alpha value is -3.29. The molecule has 38 heavy (non-hydrogen) atoms. The number of hydrogen-bond donors (Lipinski definition) is 0. The summed E-state index contributed by atoms with van der Waals surface area (Å²) in [5, 5.41) is 4.13. The Bertz CT molecular complexity index is 1370. The van der Waals surface area contributed by atoms with Crippen LogP contribution in [0.3, 0.4) is 0 Å². The van der Waals surface area contributed by atoms with Gasteiger partial charge in [-0.25, -0.2) is 8.42 Å². The fraction of sp³-hybridized carbons (Fsp3) is 0.355. The van der Waals surface area contributed by atoms with E-state index in [9.17, 15) is 8.42 Å². The molecule has 0 spiro atoms. The molecular weight excluding hydrogens is 494 g/mol. The second-order valence-electron chi connectivity index (χ2n) is 10.5. The van der Waals surface area contributed by atoms with Gasteiger partial charge in [-0.3, -0.25) is 0 Å². The predicted octanol–water partition coefficient (Wildman–Crippen LogP) is 6.01. The van der Waals surface area contributed by atoms with E-state index in [4.69, 9.17) is 4.52 Å². The number of nitrogens with zero attached hydrogens (tertiary/aromatic N) is 3. The lowest BCUT2D eigenvalue weighted by Gasteiger charge is -2.37. The molecule has 1 unspecified atom stereocenters. The highest BCUT2D eigenvalue weighted by atomic mass is 32.2. The largest absolute Gasteiger partial charge is 0.339 e. The van der Waals surface area contributed by atoms with Gasteiger partial charge in [0.1, 0.15) is 0 Å². The quantitative estimate of drug-likeness (QED) is 0.264.